The first-order valence-electron chi connectivity index (χ1n) is 6.80. The average molecular weight is 316 g/mol. The Morgan fingerprint density at radius 1 is 1.05 bits per heavy atom. The quantitative estimate of drug-likeness (QED) is 0.784. The topological polar surface area (TPSA) is 49.9 Å². The molecule has 1 aromatic carbocycles. The fraction of sp³-hybridized carbons (Fsp3) is 0.429. The lowest BCUT2D eigenvalue weighted by molar-refractivity contribution is 0.0565. The zero-order valence-corrected chi connectivity index (χ0v) is 11.9. The number of halogens is 3. The SMILES string of the molecule is CCOC(=O)N1CCN(C(=O)c2ccc(F)c(F)c2F)CC1. The minimum atomic E-state index is -1.67. The van der Waals surface area contributed by atoms with Gasteiger partial charge in [-0.25, -0.2) is 18.0 Å². The number of nitrogens with zero attached hydrogens (tertiary/aromatic N) is 2. The smallest absolute Gasteiger partial charge is 0.409 e. The Labute approximate surface area is 125 Å². The summed E-state index contributed by atoms with van der Waals surface area (Å²) in [5.41, 5.74) is -0.525. The highest BCUT2D eigenvalue weighted by atomic mass is 19.2. The number of carbonyl (C=O) groups excluding carboxylic acids is 2. The zero-order valence-electron chi connectivity index (χ0n) is 11.9. The average Bonchev–Trinajstić information content (AvgIpc) is 2.52. The van der Waals surface area contributed by atoms with E-state index in [2.05, 4.69) is 0 Å². The van der Waals surface area contributed by atoms with Gasteiger partial charge >= 0.3 is 6.09 Å². The Balaban J connectivity index is 2.04. The molecule has 120 valence electrons. The molecule has 1 aliphatic heterocycles. The van der Waals surface area contributed by atoms with Gasteiger partial charge in [-0.1, -0.05) is 0 Å². The summed E-state index contributed by atoms with van der Waals surface area (Å²) < 4.78 is 44.5. The molecule has 1 heterocycles. The van der Waals surface area contributed by atoms with Crippen LogP contribution in [0.15, 0.2) is 12.1 Å². The van der Waals surface area contributed by atoms with E-state index in [9.17, 15) is 22.8 Å². The van der Waals surface area contributed by atoms with Gasteiger partial charge in [0.25, 0.3) is 5.91 Å². The molecule has 22 heavy (non-hydrogen) atoms. The highest BCUT2D eigenvalue weighted by molar-refractivity contribution is 5.94. The fourth-order valence-electron chi connectivity index (χ4n) is 2.17. The van der Waals surface area contributed by atoms with E-state index in [4.69, 9.17) is 4.74 Å². The molecule has 1 aliphatic rings. The van der Waals surface area contributed by atoms with Crippen LogP contribution < -0.4 is 0 Å². The predicted molar refractivity (Wildman–Crippen MR) is 70.8 cm³/mol. The third kappa shape index (κ3) is 3.15. The molecule has 0 saturated carbocycles. The van der Waals surface area contributed by atoms with Crippen molar-refractivity contribution < 1.29 is 27.5 Å². The van der Waals surface area contributed by atoms with Gasteiger partial charge in [0.2, 0.25) is 0 Å². The number of rotatable bonds is 2. The molecular formula is C14H15F3N2O3. The van der Waals surface area contributed by atoms with Gasteiger partial charge in [0.1, 0.15) is 0 Å². The standard InChI is InChI=1S/C14H15F3N2O3/c1-2-22-14(21)19-7-5-18(6-8-19)13(20)9-3-4-10(15)12(17)11(9)16/h3-4H,2,5-8H2,1H3. The minimum Gasteiger partial charge on any atom is -0.450 e. The number of piperazine rings is 1. The van der Waals surface area contributed by atoms with E-state index in [1.807, 2.05) is 0 Å². The summed E-state index contributed by atoms with van der Waals surface area (Å²) in [7, 11) is 0. The van der Waals surface area contributed by atoms with Crippen LogP contribution in [0.5, 0.6) is 0 Å². The van der Waals surface area contributed by atoms with E-state index >= 15 is 0 Å². The van der Waals surface area contributed by atoms with E-state index in [0.29, 0.717) is 6.07 Å². The van der Waals surface area contributed by atoms with Crippen LogP contribution >= 0.6 is 0 Å². The number of ether oxygens (including phenoxy) is 1. The van der Waals surface area contributed by atoms with Gasteiger partial charge in [0.05, 0.1) is 12.2 Å². The van der Waals surface area contributed by atoms with Gasteiger partial charge in [-0.3, -0.25) is 4.79 Å². The first kappa shape index (κ1) is 16.1. The molecule has 0 N–H and O–H groups in total. The predicted octanol–water partition coefficient (Wildman–Crippen LogP) is 2.02. The summed E-state index contributed by atoms with van der Waals surface area (Å²) in [4.78, 5) is 26.4. The van der Waals surface area contributed by atoms with E-state index in [1.54, 1.807) is 6.92 Å². The normalized spacial score (nSPS) is 14.9. The van der Waals surface area contributed by atoms with Crippen LogP contribution in [-0.2, 0) is 4.74 Å². The second-order valence-corrected chi connectivity index (χ2v) is 4.70. The maximum atomic E-state index is 13.6. The lowest BCUT2D eigenvalue weighted by atomic mass is 10.1. The Hall–Kier alpha value is -2.25. The van der Waals surface area contributed by atoms with Crippen molar-refractivity contribution in [2.75, 3.05) is 32.8 Å². The highest BCUT2D eigenvalue weighted by Crippen LogP contribution is 2.18. The maximum Gasteiger partial charge on any atom is 0.409 e. The summed E-state index contributed by atoms with van der Waals surface area (Å²) in [6.07, 6.45) is -0.478. The summed E-state index contributed by atoms with van der Waals surface area (Å²) in [5.74, 6) is -5.25. The van der Waals surface area contributed by atoms with Crippen molar-refractivity contribution in [3.63, 3.8) is 0 Å². The summed E-state index contributed by atoms with van der Waals surface area (Å²) >= 11 is 0. The summed E-state index contributed by atoms with van der Waals surface area (Å²) in [6, 6.07) is 1.62. The number of hydrogen-bond donors (Lipinski definition) is 0. The van der Waals surface area contributed by atoms with Crippen LogP contribution in [-0.4, -0.2) is 54.6 Å². The molecule has 0 spiro atoms. The minimum absolute atomic E-state index is 0.163. The largest absolute Gasteiger partial charge is 0.450 e. The third-order valence-electron chi connectivity index (χ3n) is 3.36. The molecule has 0 radical (unpaired) electrons. The van der Waals surface area contributed by atoms with Crippen molar-refractivity contribution in [1.82, 2.24) is 9.80 Å². The first-order valence-corrected chi connectivity index (χ1v) is 6.80. The molecule has 2 rings (SSSR count). The summed E-state index contributed by atoms with van der Waals surface area (Å²) in [5, 5.41) is 0. The fourth-order valence-corrected chi connectivity index (χ4v) is 2.17. The summed E-state index contributed by atoms with van der Waals surface area (Å²) in [6.45, 7) is 2.72. The first-order chi connectivity index (χ1) is 10.5. The van der Waals surface area contributed by atoms with E-state index in [1.165, 1.54) is 9.80 Å². The number of carbonyl (C=O) groups is 2. The third-order valence-corrected chi connectivity index (χ3v) is 3.36. The van der Waals surface area contributed by atoms with E-state index in [0.717, 1.165) is 6.07 Å². The van der Waals surface area contributed by atoms with Crippen molar-refractivity contribution in [3.8, 4) is 0 Å². The van der Waals surface area contributed by atoms with Gasteiger partial charge < -0.3 is 14.5 Å². The molecule has 1 aromatic rings. The van der Waals surface area contributed by atoms with Crippen LogP contribution in [0.2, 0.25) is 0 Å². The maximum absolute atomic E-state index is 13.6. The Kier molecular flexibility index (Phi) is 4.89. The van der Waals surface area contributed by atoms with E-state index < -0.39 is 35.0 Å². The van der Waals surface area contributed by atoms with Crippen LogP contribution in [0.3, 0.4) is 0 Å². The Morgan fingerprint density at radius 3 is 2.23 bits per heavy atom. The molecule has 0 atom stereocenters. The lowest BCUT2D eigenvalue weighted by Gasteiger charge is -2.34. The zero-order chi connectivity index (χ0) is 16.3. The highest BCUT2D eigenvalue weighted by Gasteiger charge is 2.28. The molecule has 5 nitrogen and oxygen atoms in total. The van der Waals surface area contributed by atoms with Crippen molar-refractivity contribution in [3.05, 3.63) is 35.1 Å². The monoisotopic (exact) mass is 316 g/mol. The van der Waals surface area contributed by atoms with E-state index in [-0.39, 0.29) is 32.8 Å². The van der Waals surface area contributed by atoms with Gasteiger partial charge in [0, 0.05) is 26.2 Å². The van der Waals surface area contributed by atoms with Crippen LogP contribution in [0.1, 0.15) is 17.3 Å². The molecule has 0 aliphatic carbocycles. The molecule has 8 heteroatoms. The van der Waals surface area contributed by atoms with Crippen LogP contribution in [0.25, 0.3) is 0 Å². The molecule has 0 aromatic heterocycles. The Morgan fingerprint density at radius 2 is 1.64 bits per heavy atom. The number of hydrogen-bond acceptors (Lipinski definition) is 3. The molecule has 0 bridgehead atoms. The van der Waals surface area contributed by atoms with Crippen LogP contribution in [0, 0.1) is 17.5 Å². The van der Waals surface area contributed by atoms with Crippen molar-refractivity contribution in [1.29, 1.82) is 0 Å². The van der Waals surface area contributed by atoms with Crippen molar-refractivity contribution in [2.24, 2.45) is 0 Å². The van der Waals surface area contributed by atoms with Crippen LogP contribution in [0.4, 0.5) is 18.0 Å². The van der Waals surface area contributed by atoms with Gasteiger partial charge in [-0.15, -0.1) is 0 Å². The van der Waals surface area contributed by atoms with Gasteiger partial charge in [0.15, 0.2) is 17.5 Å². The second-order valence-electron chi connectivity index (χ2n) is 4.70. The number of amides is 2. The number of benzene rings is 1. The van der Waals surface area contributed by atoms with Crippen molar-refractivity contribution >= 4 is 12.0 Å². The molecule has 2 amide bonds. The van der Waals surface area contributed by atoms with Gasteiger partial charge in [-0.05, 0) is 19.1 Å². The Bertz CT molecular complexity index is 587. The molecule has 0 unspecified atom stereocenters. The molecule has 1 fully saturated rings. The second kappa shape index (κ2) is 6.67. The molecule has 1 saturated heterocycles. The van der Waals surface area contributed by atoms with Gasteiger partial charge in [-0.2, -0.15) is 0 Å². The lowest BCUT2D eigenvalue weighted by Crippen LogP contribution is -2.50. The molecular weight excluding hydrogens is 301 g/mol. The van der Waals surface area contributed by atoms with Crippen molar-refractivity contribution in [2.45, 2.75) is 6.92 Å².